The van der Waals surface area contributed by atoms with E-state index in [0.29, 0.717) is 24.6 Å². The summed E-state index contributed by atoms with van der Waals surface area (Å²) >= 11 is 0. The van der Waals surface area contributed by atoms with E-state index in [1.807, 2.05) is 43.3 Å². The molecule has 6 nitrogen and oxygen atoms in total. The second kappa shape index (κ2) is 8.10. The van der Waals surface area contributed by atoms with Gasteiger partial charge in [-0.25, -0.2) is 0 Å². The minimum Gasteiger partial charge on any atom is -0.508 e. The lowest BCUT2D eigenvalue weighted by Gasteiger charge is -2.31. The molecule has 0 saturated carbocycles. The molecule has 1 atom stereocenters. The molecule has 1 N–H and O–H groups in total. The summed E-state index contributed by atoms with van der Waals surface area (Å²) in [5.41, 5.74) is 0.870. The standard InChI is InChI=1S/C20H24N2O4/c1-21(2)10-11-22(13-15-6-5-7-16(23)12-15)20(24)19-14-25-17-8-3-4-9-18(17)26-19/h3-9,12,19,23H,10-11,13-14H2,1-2H3/t19-/m0/s1. The van der Waals surface area contributed by atoms with Crippen molar-refractivity contribution in [3.63, 3.8) is 0 Å². The molecular formula is C20H24N2O4. The van der Waals surface area contributed by atoms with Crippen LogP contribution >= 0.6 is 0 Å². The molecule has 0 spiro atoms. The van der Waals surface area contributed by atoms with Crippen LogP contribution < -0.4 is 9.47 Å². The number of amides is 1. The molecule has 3 rings (SSSR count). The molecular weight excluding hydrogens is 332 g/mol. The van der Waals surface area contributed by atoms with E-state index in [0.717, 1.165) is 12.1 Å². The number of likely N-dealkylation sites (N-methyl/N-ethyl adjacent to an activating group) is 1. The van der Waals surface area contributed by atoms with Crippen molar-refractivity contribution in [2.24, 2.45) is 0 Å². The molecule has 2 aromatic carbocycles. The third kappa shape index (κ3) is 4.46. The van der Waals surface area contributed by atoms with Crippen LogP contribution in [-0.4, -0.2) is 60.7 Å². The molecule has 138 valence electrons. The molecule has 1 heterocycles. The molecule has 0 saturated heterocycles. The van der Waals surface area contributed by atoms with Gasteiger partial charge in [-0.05, 0) is 43.9 Å². The average Bonchev–Trinajstić information content (AvgIpc) is 2.64. The third-order valence-electron chi connectivity index (χ3n) is 4.20. The van der Waals surface area contributed by atoms with Crippen LogP contribution in [0.15, 0.2) is 48.5 Å². The van der Waals surface area contributed by atoms with Gasteiger partial charge in [-0.2, -0.15) is 0 Å². The SMILES string of the molecule is CN(C)CCN(Cc1cccc(O)c1)C(=O)[C@@H]1COc2ccccc2O1. The zero-order valence-corrected chi connectivity index (χ0v) is 15.1. The highest BCUT2D eigenvalue weighted by Gasteiger charge is 2.31. The number of nitrogens with zero attached hydrogens (tertiary/aromatic N) is 2. The number of aromatic hydroxyl groups is 1. The van der Waals surface area contributed by atoms with Crippen molar-refractivity contribution >= 4 is 5.91 Å². The summed E-state index contributed by atoms with van der Waals surface area (Å²) < 4.78 is 11.5. The lowest BCUT2D eigenvalue weighted by atomic mass is 10.1. The molecule has 1 aliphatic rings. The minimum atomic E-state index is -0.677. The molecule has 0 bridgehead atoms. The van der Waals surface area contributed by atoms with Crippen LogP contribution in [0.2, 0.25) is 0 Å². The van der Waals surface area contributed by atoms with Crippen LogP contribution in [0, 0.1) is 0 Å². The molecule has 0 aliphatic carbocycles. The van der Waals surface area contributed by atoms with Crippen LogP contribution in [0.1, 0.15) is 5.56 Å². The first kappa shape index (κ1) is 18.1. The quantitative estimate of drug-likeness (QED) is 0.859. The van der Waals surface area contributed by atoms with Gasteiger partial charge in [-0.15, -0.1) is 0 Å². The molecule has 0 fully saturated rings. The summed E-state index contributed by atoms with van der Waals surface area (Å²) in [7, 11) is 3.93. The summed E-state index contributed by atoms with van der Waals surface area (Å²) in [5.74, 6) is 1.31. The first-order valence-electron chi connectivity index (χ1n) is 8.63. The number of ether oxygens (including phenoxy) is 2. The predicted molar refractivity (Wildman–Crippen MR) is 98.4 cm³/mol. The number of hydrogen-bond acceptors (Lipinski definition) is 5. The Kier molecular flexibility index (Phi) is 5.63. The number of phenols is 1. The molecule has 6 heteroatoms. The molecule has 0 aromatic heterocycles. The number of carbonyl (C=O) groups is 1. The highest BCUT2D eigenvalue weighted by Crippen LogP contribution is 2.31. The number of hydrogen-bond donors (Lipinski definition) is 1. The molecule has 0 unspecified atom stereocenters. The maximum absolute atomic E-state index is 13.0. The normalized spacial score (nSPS) is 15.7. The van der Waals surface area contributed by atoms with Gasteiger partial charge in [0.15, 0.2) is 11.5 Å². The summed E-state index contributed by atoms with van der Waals surface area (Å²) in [6.45, 7) is 1.88. The van der Waals surface area contributed by atoms with Gasteiger partial charge in [0.1, 0.15) is 12.4 Å². The van der Waals surface area contributed by atoms with E-state index >= 15 is 0 Å². The van der Waals surface area contributed by atoms with Crippen LogP contribution in [-0.2, 0) is 11.3 Å². The van der Waals surface area contributed by atoms with E-state index in [-0.39, 0.29) is 18.3 Å². The van der Waals surface area contributed by atoms with Gasteiger partial charge in [-0.3, -0.25) is 4.79 Å². The zero-order valence-electron chi connectivity index (χ0n) is 15.1. The van der Waals surface area contributed by atoms with E-state index in [1.54, 1.807) is 29.2 Å². The van der Waals surface area contributed by atoms with E-state index in [1.165, 1.54) is 0 Å². The Morgan fingerprint density at radius 3 is 2.62 bits per heavy atom. The van der Waals surface area contributed by atoms with Crippen molar-refractivity contribution in [1.82, 2.24) is 9.80 Å². The minimum absolute atomic E-state index is 0.121. The monoisotopic (exact) mass is 356 g/mol. The van der Waals surface area contributed by atoms with Gasteiger partial charge in [0.25, 0.3) is 5.91 Å². The maximum atomic E-state index is 13.0. The van der Waals surface area contributed by atoms with Crippen LogP contribution in [0.4, 0.5) is 0 Å². The molecule has 0 radical (unpaired) electrons. The van der Waals surface area contributed by atoms with Gasteiger partial charge in [0, 0.05) is 19.6 Å². The number of phenolic OH excluding ortho intramolecular Hbond substituents is 1. The fourth-order valence-corrected chi connectivity index (χ4v) is 2.81. The van der Waals surface area contributed by atoms with Crippen molar-refractivity contribution in [2.75, 3.05) is 33.8 Å². The second-order valence-corrected chi connectivity index (χ2v) is 6.60. The fourth-order valence-electron chi connectivity index (χ4n) is 2.81. The number of rotatable bonds is 6. The lowest BCUT2D eigenvalue weighted by molar-refractivity contribution is -0.142. The number of benzene rings is 2. The van der Waals surface area contributed by atoms with Crippen LogP contribution in [0.5, 0.6) is 17.2 Å². The zero-order chi connectivity index (χ0) is 18.5. The Hall–Kier alpha value is -2.73. The van der Waals surface area contributed by atoms with E-state index < -0.39 is 6.10 Å². The Labute approximate surface area is 153 Å². The highest BCUT2D eigenvalue weighted by molar-refractivity contribution is 5.82. The van der Waals surface area contributed by atoms with Crippen molar-refractivity contribution < 1.29 is 19.4 Å². The third-order valence-corrected chi connectivity index (χ3v) is 4.20. The first-order valence-corrected chi connectivity index (χ1v) is 8.63. The van der Waals surface area contributed by atoms with E-state index in [4.69, 9.17) is 9.47 Å². The Morgan fingerprint density at radius 2 is 1.88 bits per heavy atom. The van der Waals surface area contributed by atoms with Gasteiger partial charge in [-0.1, -0.05) is 24.3 Å². The molecule has 26 heavy (non-hydrogen) atoms. The van der Waals surface area contributed by atoms with E-state index in [2.05, 4.69) is 0 Å². The molecule has 2 aromatic rings. The number of fused-ring (bicyclic) bond motifs is 1. The van der Waals surface area contributed by atoms with Crippen molar-refractivity contribution in [2.45, 2.75) is 12.6 Å². The summed E-state index contributed by atoms with van der Waals surface area (Å²) in [5, 5.41) is 9.68. The van der Waals surface area contributed by atoms with Gasteiger partial charge >= 0.3 is 0 Å². The topological polar surface area (TPSA) is 62.2 Å². The van der Waals surface area contributed by atoms with Crippen molar-refractivity contribution in [3.05, 3.63) is 54.1 Å². The Balaban J connectivity index is 1.74. The van der Waals surface area contributed by atoms with Crippen molar-refractivity contribution in [3.8, 4) is 17.2 Å². The maximum Gasteiger partial charge on any atom is 0.267 e. The van der Waals surface area contributed by atoms with Gasteiger partial charge in [0.05, 0.1) is 0 Å². The largest absolute Gasteiger partial charge is 0.508 e. The van der Waals surface area contributed by atoms with Gasteiger partial charge < -0.3 is 24.4 Å². The number of para-hydroxylation sites is 2. The second-order valence-electron chi connectivity index (χ2n) is 6.60. The van der Waals surface area contributed by atoms with Gasteiger partial charge in [0.2, 0.25) is 6.10 Å². The Bertz CT molecular complexity index is 763. The molecule has 1 aliphatic heterocycles. The predicted octanol–water partition coefficient (Wildman–Crippen LogP) is 2.12. The summed E-state index contributed by atoms with van der Waals surface area (Å²) in [6, 6.07) is 14.3. The first-order chi connectivity index (χ1) is 12.5. The highest BCUT2D eigenvalue weighted by atomic mass is 16.6. The Morgan fingerprint density at radius 1 is 1.12 bits per heavy atom. The van der Waals surface area contributed by atoms with Crippen LogP contribution in [0.3, 0.4) is 0 Å². The summed E-state index contributed by atoms with van der Waals surface area (Å²) in [6.07, 6.45) is -0.677. The fraction of sp³-hybridized carbons (Fsp3) is 0.350. The molecule has 1 amide bonds. The van der Waals surface area contributed by atoms with Crippen LogP contribution in [0.25, 0.3) is 0 Å². The van der Waals surface area contributed by atoms with E-state index in [9.17, 15) is 9.90 Å². The summed E-state index contributed by atoms with van der Waals surface area (Å²) in [4.78, 5) is 16.8. The average molecular weight is 356 g/mol. The smallest absolute Gasteiger partial charge is 0.267 e. The lowest BCUT2D eigenvalue weighted by Crippen LogP contribution is -2.47. The van der Waals surface area contributed by atoms with Crippen molar-refractivity contribution in [1.29, 1.82) is 0 Å². The number of carbonyl (C=O) groups excluding carboxylic acids is 1.